The van der Waals surface area contributed by atoms with E-state index in [1.165, 1.54) is 12.5 Å². The zero-order valence-electron chi connectivity index (χ0n) is 9.85. The summed E-state index contributed by atoms with van der Waals surface area (Å²) in [7, 11) is 0. The van der Waals surface area contributed by atoms with Crippen LogP contribution in [0, 0.1) is 0 Å². The molecule has 1 aliphatic heterocycles. The molecule has 1 unspecified atom stereocenters. The van der Waals surface area contributed by atoms with Gasteiger partial charge < -0.3 is 10.2 Å². The summed E-state index contributed by atoms with van der Waals surface area (Å²) in [5.74, 6) is -0.0412. The summed E-state index contributed by atoms with van der Waals surface area (Å²) in [4.78, 5) is 16.2. The standard InChI is InChI=1S/C13H16N2O2/c1-10(16)14-13(12-7-8-17-15-12)9-11-5-3-2-4-6-11/h2-6,13H,7-9H2,1H3,(H,14,16). The fourth-order valence-corrected chi connectivity index (χ4v) is 1.91. The molecule has 0 aliphatic carbocycles. The van der Waals surface area contributed by atoms with Crippen molar-refractivity contribution < 1.29 is 9.63 Å². The SMILES string of the molecule is CC(=O)NC(Cc1ccccc1)C1=NOCC1. The molecule has 1 amide bonds. The van der Waals surface area contributed by atoms with Crippen LogP contribution >= 0.6 is 0 Å². The van der Waals surface area contributed by atoms with Crippen LogP contribution in [0.15, 0.2) is 35.5 Å². The zero-order chi connectivity index (χ0) is 12.1. The highest BCUT2D eigenvalue weighted by atomic mass is 16.6. The number of benzene rings is 1. The van der Waals surface area contributed by atoms with Crippen molar-refractivity contribution in [1.29, 1.82) is 0 Å². The van der Waals surface area contributed by atoms with Crippen molar-refractivity contribution in [2.75, 3.05) is 6.61 Å². The minimum Gasteiger partial charge on any atom is -0.395 e. The highest BCUT2D eigenvalue weighted by Gasteiger charge is 2.21. The first-order valence-electron chi connectivity index (χ1n) is 5.75. The summed E-state index contributed by atoms with van der Waals surface area (Å²) >= 11 is 0. The van der Waals surface area contributed by atoms with Crippen LogP contribution in [0.3, 0.4) is 0 Å². The molecule has 1 heterocycles. The van der Waals surface area contributed by atoms with Crippen molar-refractivity contribution in [3.8, 4) is 0 Å². The van der Waals surface area contributed by atoms with Gasteiger partial charge in [0.1, 0.15) is 6.61 Å². The van der Waals surface area contributed by atoms with E-state index in [0.29, 0.717) is 6.61 Å². The van der Waals surface area contributed by atoms with Gasteiger partial charge >= 0.3 is 0 Å². The first-order valence-corrected chi connectivity index (χ1v) is 5.75. The molecule has 0 bridgehead atoms. The van der Waals surface area contributed by atoms with Gasteiger partial charge in [-0.3, -0.25) is 4.79 Å². The van der Waals surface area contributed by atoms with Crippen molar-refractivity contribution in [3.63, 3.8) is 0 Å². The number of rotatable bonds is 4. The summed E-state index contributed by atoms with van der Waals surface area (Å²) in [6, 6.07) is 10.0. The summed E-state index contributed by atoms with van der Waals surface area (Å²) in [6.07, 6.45) is 1.54. The van der Waals surface area contributed by atoms with Crippen LogP contribution in [0.2, 0.25) is 0 Å². The van der Waals surface area contributed by atoms with Crippen molar-refractivity contribution in [2.45, 2.75) is 25.8 Å². The number of carbonyl (C=O) groups is 1. The third-order valence-corrected chi connectivity index (χ3v) is 2.69. The van der Waals surface area contributed by atoms with Gasteiger partial charge in [0, 0.05) is 13.3 Å². The molecule has 0 saturated carbocycles. The smallest absolute Gasteiger partial charge is 0.217 e. The lowest BCUT2D eigenvalue weighted by molar-refractivity contribution is -0.119. The monoisotopic (exact) mass is 232 g/mol. The molecule has 1 atom stereocenters. The Morgan fingerprint density at radius 1 is 1.47 bits per heavy atom. The van der Waals surface area contributed by atoms with Gasteiger partial charge in [-0.2, -0.15) is 0 Å². The molecule has 1 aromatic rings. The summed E-state index contributed by atoms with van der Waals surface area (Å²) in [5.41, 5.74) is 2.10. The molecule has 1 aromatic carbocycles. The van der Waals surface area contributed by atoms with E-state index >= 15 is 0 Å². The Morgan fingerprint density at radius 3 is 2.82 bits per heavy atom. The minimum atomic E-state index is -0.0580. The predicted octanol–water partition coefficient (Wildman–Crippen LogP) is 1.51. The molecule has 0 aromatic heterocycles. The van der Waals surface area contributed by atoms with E-state index < -0.39 is 0 Å². The second-order valence-electron chi connectivity index (χ2n) is 4.11. The Kier molecular flexibility index (Phi) is 3.75. The van der Waals surface area contributed by atoms with Gasteiger partial charge in [0.15, 0.2) is 0 Å². The van der Waals surface area contributed by atoms with E-state index in [-0.39, 0.29) is 11.9 Å². The Labute approximate surface area is 101 Å². The molecule has 1 N–H and O–H groups in total. The number of carbonyl (C=O) groups excluding carboxylic acids is 1. The van der Waals surface area contributed by atoms with E-state index in [9.17, 15) is 4.79 Å². The van der Waals surface area contributed by atoms with Gasteiger partial charge in [0.05, 0.1) is 11.8 Å². The van der Waals surface area contributed by atoms with Gasteiger partial charge in [-0.05, 0) is 12.0 Å². The maximum absolute atomic E-state index is 11.2. The Balaban J connectivity index is 2.08. The van der Waals surface area contributed by atoms with E-state index in [1.54, 1.807) is 0 Å². The quantitative estimate of drug-likeness (QED) is 0.855. The molecule has 0 radical (unpaired) electrons. The van der Waals surface area contributed by atoms with Gasteiger partial charge in [-0.1, -0.05) is 35.5 Å². The number of oxime groups is 1. The first-order chi connectivity index (χ1) is 8.25. The highest BCUT2D eigenvalue weighted by molar-refractivity contribution is 5.93. The number of amides is 1. The van der Waals surface area contributed by atoms with Crippen LogP contribution < -0.4 is 5.32 Å². The predicted molar refractivity (Wildman–Crippen MR) is 65.8 cm³/mol. The molecule has 4 heteroatoms. The Bertz CT molecular complexity index is 415. The van der Waals surface area contributed by atoms with Crippen molar-refractivity contribution >= 4 is 11.6 Å². The topological polar surface area (TPSA) is 50.7 Å². The fourth-order valence-electron chi connectivity index (χ4n) is 1.91. The van der Waals surface area contributed by atoms with Crippen LogP contribution in [-0.4, -0.2) is 24.3 Å². The summed E-state index contributed by atoms with van der Waals surface area (Å²) in [6.45, 7) is 2.13. The zero-order valence-corrected chi connectivity index (χ0v) is 9.85. The summed E-state index contributed by atoms with van der Waals surface area (Å²) < 4.78 is 0. The number of hydrogen-bond donors (Lipinski definition) is 1. The highest BCUT2D eigenvalue weighted by Crippen LogP contribution is 2.10. The van der Waals surface area contributed by atoms with Gasteiger partial charge in [0.2, 0.25) is 5.91 Å². The van der Waals surface area contributed by atoms with E-state index in [0.717, 1.165) is 18.6 Å². The van der Waals surface area contributed by atoms with Crippen LogP contribution in [0.25, 0.3) is 0 Å². The largest absolute Gasteiger partial charge is 0.395 e. The molecule has 0 fully saturated rings. The van der Waals surface area contributed by atoms with Gasteiger partial charge in [0.25, 0.3) is 0 Å². The Morgan fingerprint density at radius 2 is 2.24 bits per heavy atom. The van der Waals surface area contributed by atoms with Crippen LogP contribution in [0.4, 0.5) is 0 Å². The first kappa shape index (κ1) is 11.6. The molecule has 4 nitrogen and oxygen atoms in total. The normalized spacial score (nSPS) is 15.9. The van der Waals surface area contributed by atoms with Gasteiger partial charge in [-0.15, -0.1) is 0 Å². The lowest BCUT2D eigenvalue weighted by atomic mass is 10.0. The van der Waals surface area contributed by atoms with Crippen molar-refractivity contribution in [2.24, 2.45) is 5.16 Å². The molecule has 0 saturated heterocycles. The number of hydrogen-bond acceptors (Lipinski definition) is 3. The minimum absolute atomic E-state index is 0.0412. The van der Waals surface area contributed by atoms with E-state index in [2.05, 4.69) is 10.5 Å². The molecule has 17 heavy (non-hydrogen) atoms. The van der Waals surface area contributed by atoms with Gasteiger partial charge in [-0.25, -0.2) is 0 Å². The maximum Gasteiger partial charge on any atom is 0.217 e. The second kappa shape index (κ2) is 5.48. The number of nitrogens with one attached hydrogen (secondary N) is 1. The number of nitrogens with zero attached hydrogens (tertiary/aromatic N) is 1. The van der Waals surface area contributed by atoms with E-state index in [1.807, 2.05) is 30.3 Å². The molecule has 0 spiro atoms. The van der Waals surface area contributed by atoms with Crippen molar-refractivity contribution in [1.82, 2.24) is 5.32 Å². The third-order valence-electron chi connectivity index (χ3n) is 2.69. The average Bonchev–Trinajstić information content (AvgIpc) is 2.82. The lowest BCUT2D eigenvalue weighted by Gasteiger charge is -2.16. The fraction of sp³-hybridized carbons (Fsp3) is 0.385. The average molecular weight is 232 g/mol. The third kappa shape index (κ3) is 3.31. The molecular formula is C13H16N2O2. The molecule has 90 valence electrons. The summed E-state index contributed by atoms with van der Waals surface area (Å²) in [5, 5.41) is 6.91. The Hall–Kier alpha value is -1.84. The van der Waals surface area contributed by atoms with E-state index in [4.69, 9.17) is 4.84 Å². The molecule has 1 aliphatic rings. The van der Waals surface area contributed by atoms with Crippen molar-refractivity contribution in [3.05, 3.63) is 35.9 Å². The second-order valence-corrected chi connectivity index (χ2v) is 4.11. The lowest BCUT2D eigenvalue weighted by Crippen LogP contribution is -2.40. The van der Waals surface area contributed by atoms with Crippen LogP contribution in [0.5, 0.6) is 0 Å². The molecule has 2 rings (SSSR count). The maximum atomic E-state index is 11.2. The van der Waals surface area contributed by atoms with Crippen LogP contribution in [0.1, 0.15) is 18.9 Å². The molecular weight excluding hydrogens is 216 g/mol. The van der Waals surface area contributed by atoms with Crippen LogP contribution in [-0.2, 0) is 16.1 Å².